The van der Waals surface area contributed by atoms with E-state index in [4.69, 9.17) is 14.2 Å². The van der Waals surface area contributed by atoms with E-state index in [0.717, 1.165) is 77.0 Å². The summed E-state index contributed by atoms with van der Waals surface area (Å²) in [6.07, 6.45) is 82.7. The molecular formula is C65H102O6. The molecule has 0 radical (unpaired) electrons. The van der Waals surface area contributed by atoms with E-state index in [2.05, 4.69) is 81.5 Å². The van der Waals surface area contributed by atoms with Gasteiger partial charge >= 0.3 is 17.9 Å². The van der Waals surface area contributed by atoms with Crippen molar-refractivity contribution in [3.05, 3.63) is 146 Å². The number of ether oxygens (including phenoxy) is 3. The van der Waals surface area contributed by atoms with E-state index in [1.54, 1.807) is 0 Å². The van der Waals surface area contributed by atoms with Crippen LogP contribution in [0.5, 0.6) is 0 Å². The highest BCUT2D eigenvalue weighted by molar-refractivity contribution is 5.71. The van der Waals surface area contributed by atoms with Crippen LogP contribution in [0, 0.1) is 0 Å². The molecule has 0 rings (SSSR count). The summed E-state index contributed by atoms with van der Waals surface area (Å²) in [5, 5.41) is 0. The molecule has 0 aromatic rings. The Bertz CT molecular complexity index is 1590. The molecule has 0 aromatic carbocycles. The van der Waals surface area contributed by atoms with Crippen LogP contribution in [-0.2, 0) is 28.6 Å². The molecule has 0 aliphatic carbocycles. The van der Waals surface area contributed by atoms with Gasteiger partial charge in [-0.1, -0.05) is 282 Å². The van der Waals surface area contributed by atoms with Crippen LogP contribution in [0.2, 0.25) is 0 Å². The zero-order valence-electron chi connectivity index (χ0n) is 45.4. The van der Waals surface area contributed by atoms with Gasteiger partial charge in [0, 0.05) is 19.3 Å². The second-order valence-corrected chi connectivity index (χ2v) is 18.3. The fourth-order valence-electron chi connectivity index (χ4n) is 7.36. The molecule has 0 aliphatic rings. The Morgan fingerprint density at radius 2 is 0.648 bits per heavy atom. The first-order valence-corrected chi connectivity index (χ1v) is 28.4. The summed E-state index contributed by atoms with van der Waals surface area (Å²) in [7, 11) is 0. The van der Waals surface area contributed by atoms with Crippen LogP contribution in [0.25, 0.3) is 0 Å². The number of hydrogen-bond acceptors (Lipinski definition) is 6. The van der Waals surface area contributed by atoms with E-state index >= 15 is 0 Å². The zero-order chi connectivity index (χ0) is 51.4. The van der Waals surface area contributed by atoms with Crippen molar-refractivity contribution in [2.24, 2.45) is 0 Å². The second-order valence-electron chi connectivity index (χ2n) is 18.3. The van der Waals surface area contributed by atoms with Gasteiger partial charge in [0.15, 0.2) is 6.10 Å². The number of allylic oxidation sites excluding steroid dienone is 24. The average Bonchev–Trinajstić information content (AvgIpc) is 3.37. The Kier molecular flexibility index (Phi) is 54.0. The predicted molar refractivity (Wildman–Crippen MR) is 306 cm³/mol. The normalized spacial score (nSPS) is 13.2. The third-order valence-electron chi connectivity index (χ3n) is 11.5. The lowest BCUT2D eigenvalue weighted by Gasteiger charge is -2.18. The smallest absolute Gasteiger partial charge is 0.306 e. The molecule has 398 valence electrons. The Morgan fingerprint density at radius 1 is 0.310 bits per heavy atom. The largest absolute Gasteiger partial charge is 0.462 e. The summed E-state index contributed by atoms with van der Waals surface area (Å²) in [5.74, 6) is -1.06. The molecule has 0 aliphatic heterocycles. The fraction of sp³-hybridized carbons (Fsp3) is 0.585. The van der Waals surface area contributed by atoms with Gasteiger partial charge in [-0.3, -0.25) is 14.4 Å². The van der Waals surface area contributed by atoms with Crippen molar-refractivity contribution in [1.29, 1.82) is 0 Å². The quantitative estimate of drug-likeness (QED) is 0.0199. The summed E-state index contributed by atoms with van der Waals surface area (Å²) >= 11 is 0. The van der Waals surface area contributed by atoms with Gasteiger partial charge in [-0.25, -0.2) is 0 Å². The highest BCUT2D eigenvalue weighted by atomic mass is 16.6. The monoisotopic (exact) mass is 979 g/mol. The number of unbranched alkanes of at least 4 members (excludes halogenated alkanes) is 20. The van der Waals surface area contributed by atoms with Gasteiger partial charge in [0.25, 0.3) is 0 Å². The van der Waals surface area contributed by atoms with E-state index < -0.39 is 6.10 Å². The minimum atomic E-state index is -0.832. The van der Waals surface area contributed by atoms with Crippen LogP contribution in [0.1, 0.15) is 226 Å². The van der Waals surface area contributed by atoms with E-state index in [0.29, 0.717) is 19.3 Å². The van der Waals surface area contributed by atoms with Crippen LogP contribution in [0.3, 0.4) is 0 Å². The molecule has 71 heavy (non-hydrogen) atoms. The van der Waals surface area contributed by atoms with Crippen molar-refractivity contribution < 1.29 is 28.6 Å². The molecule has 6 heteroatoms. The SMILES string of the molecule is CC\C=C/C=C\C=C/C=C\C=C\C=C/C=C\CCCCCC(=O)OCC(COC(=O)CC/C=C\C/C=C\C/C=C\C/C=C\C/C=C\CC)OC(=O)CCCCCCCCCCCCCCCCCCCC. The molecule has 0 spiro atoms. The third-order valence-corrected chi connectivity index (χ3v) is 11.5. The van der Waals surface area contributed by atoms with Gasteiger partial charge in [0.05, 0.1) is 0 Å². The highest BCUT2D eigenvalue weighted by Gasteiger charge is 2.19. The van der Waals surface area contributed by atoms with Crippen LogP contribution in [0.4, 0.5) is 0 Å². The lowest BCUT2D eigenvalue weighted by atomic mass is 10.0. The summed E-state index contributed by atoms with van der Waals surface area (Å²) in [5.41, 5.74) is 0. The maximum atomic E-state index is 12.9. The van der Waals surface area contributed by atoms with E-state index in [1.807, 2.05) is 85.1 Å². The van der Waals surface area contributed by atoms with Crippen molar-refractivity contribution >= 4 is 17.9 Å². The van der Waals surface area contributed by atoms with Crippen molar-refractivity contribution in [2.75, 3.05) is 13.2 Å². The molecular weight excluding hydrogens is 877 g/mol. The van der Waals surface area contributed by atoms with Gasteiger partial charge < -0.3 is 14.2 Å². The number of rotatable bonds is 49. The Labute approximate surface area is 436 Å². The minimum absolute atomic E-state index is 0.129. The minimum Gasteiger partial charge on any atom is -0.462 e. The summed E-state index contributed by atoms with van der Waals surface area (Å²) < 4.78 is 16.8. The van der Waals surface area contributed by atoms with Gasteiger partial charge in [0.2, 0.25) is 0 Å². The van der Waals surface area contributed by atoms with Crippen LogP contribution < -0.4 is 0 Å². The molecule has 0 aromatic heterocycles. The number of hydrogen-bond donors (Lipinski definition) is 0. The van der Waals surface area contributed by atoms with Gasteiger partial charge in [0.1, 0.15) is 13.2 Å². The van der Waals surface area contributed by atoms with Crippen LogP contribution >= 0.6 is 0 Å². The predicted octanol–water partition coefficient (Wildman–Crippen LogP) is 19.2. The summed E-state index contributed by atoms with van der Waals surface area (Å²) in [6.45, 7) is 6.27. The molecule has 0 heterocycles. The lowest BCUT2D eigenvalue weighted by molar-refractivity contribution is -0.166. The van der Waals surface area contributed by atoms with Crippen molar-refractivity contribution in [2.45, 2.75) is 232 Å². The molecule has 6 nitrogen and oxygen atoms in total. The number of carbonyl (C=O) groups excluding carboxylic acids is 3. The van der Waals surface area contributed by atoms with E-state index in [1.165, 1.54) is 96.3 Å². The standard InChI is InChI=1S/C65H102O6/c1-4-7-10-13-16-19-22-25-28-31-33-35-37-40-43-46-49-52-55-58-64(67)70-61-62(60-69-63(66)57-54-51-48-45-42-39-36-30-27-24-21-18-15-12-9-6-3)71-65(68)59-56-53-50-47-44-41-38-34-32-29-26-23-20-17-14-11-8-5-2/h7,9-10,12-13,16,18-19,21-22,25,27-28,30-31,33,35,37,39-40,42-43,48,51,62H,4-6,8,11,14-15,17,20,23-24,26,29,32,34,36,38,41,44-47,49-50,52-61H2,1-3H3/b10-7-,12-9-,16-13-,21-18-,22-19-,28-25-,30-27-,33-31+,37-35-,42-39-,43-40-,51-48-. The lowest BCUT2D eigenvalue weighted by Crippen LogP contribution is -2.30. The zero-order valence-corrected chi connectivity index (χ0v) is 45.4. The highest BCUT2D eigenvalue weighted by Crippen LogP contribution is 2.15. The number of esters is 3. The van der Waals surface area contributed by atoms with Crippen LogP contribution in [0.15, 0.2) is 146 Å². The van der Waals surface area contributed by atoms with Gasteiger partial charge in [-0.2, -0.15) is 0 Å². The molecule has 1 atom stereocenters. The van der Waals surface area contributed by atoms with E-state index in [-0.39, 0.29) is 44.0 Å². The van der Waals surface area contributed by atoms with Crippen LogP contribution in [-0.4, -0.2) is 37.2 Å². The molecule has 0 amide bonds. The topological polar surface area (TPSA) is 78.9 Å². The molecule has 0 fully saturated rings. The maximum Gasteiger partial charge on any atom is 0.306 e. The Hall–Kier alpha value is -4.71. The maximum absolute atomic E-state index is 12.9. The van der Waals surface area contributed by atoms with Crippen molar-refractivity contribution in [3.8, 4) is 0 Å². The van der Waals surface area contributed by atoms with E-state index in [9.17, 15) is 14.4 Å². The number of carbonyl (C=O) groups is 3. The Morgan fingerprint density at radius 3 is 1.08 bits per heavy atom. The molecule has 0 saturated heterocycles. The Balaban J connectivity index is 4.59. The second kappa shape index (κ2) is 57.9. The summed E-state index contributed by atoms with van der Waals surface area (Å²) in [4.78, 5) is 38.1. The molecule has 0 saturated carbocycles. The first-order chi connectivity index (χ1) is 35.0. The molecule has 1 unspecified atom stereocenters. The van der Waals surface area contributed by atoms with Gasteiger partial charge in [-0.05, 0) is 70.6 Å². The molecule has 0 bridgehead atoms. The fourth-order valence-corrected chi connectivity index (χ4v) is 7.36. The average molecular weight is 980 g/mol. The first-order valence-electron chi connectivity index (χ1n) is 28.4. The van der Waals surface area contributed by atoms with Gasteiger partial charge in [-0.15, -0.1) is 0 Å². The third kappa shape index (κ3) is 56.1. The van der Waals surface area contributed by atoms with Crippen molar-refractivity contribution in [3.63, 3.8) is 0 Å². The molecule has 0 N–H and O–H groups in total. The van der Waals surface area contributed by atoms with Crippen molar-refractivity contribution in [1.82, 2.24) is 0 Å². The summed E-state index contributed by atoms with van der Waals surface area (Å²) in [6, 6.07) is 0. The first kappa shape index (κ1) is 66.3.